The van der Waals surface area contributed by atoms with Crippen molar-refractivity contribution in [3.63, 3.8) is 0 Å². The Labute approximate surface area is 115 Å². The highest BCUT2D eigenvalue weighted by molar-refractivity contribution is 5.16. The minimum absolute atomic E-state index is 0.120. The van der Waals surface area contributed by atoms with E-state index in [4.69, 9.17) is 0 Å². The van der Waals surface area contributed by atoms with Gasteiger partial charge < -0.3 is 5.32 Å². The van der Waals surface area contributed by atoms with E-state index >= 15 is 0 Å². The van der Waals surface area contributed by atoms with Gasteiger partial charge in [-0.15, -0.1) is 0 Å². The number of piperidine rings is 1. The molecule has 2 saturated heterocycles. The van der Waals surface area contributed by atoms with E-state index < -0.39 is 0 Å². The van der Waals surface area contributed by atoms with Gasteiger partial charge in [-0.25, -0.2) is 4.39 Å². The van der Waals surface area contributed by atoms with Gasteiger partial charge in [0, 0.05) is 18.6 Å². The largest absolute Gasteiger partial charge is 0.312 e. The van der Waals surface area contributed by atoms with E-state index in [0.717, 1.165) is 25.2 Å². The summed E-state index contributed by atoms with van der Waals surface area (Å²) in [5.41, 5.74) is 1.10. The summed E-state index contributed by atoms with van der Waals surface area (Å²) in [6.07, 6.45) is 6.49. The fourth-order valence-electron chi connectivity index (χ4n) is 3.58. The Kier molecular flexibility index (Phi) is 4.14. The zero-order valence-corrected chi connectivity index (χ0v) is 11.4. The molecule has 0 saturated carbocycles. The quantitative estimate of drug-likeness (QED) is 0.901. The molecule has 2 heterocycles. The van der Waals surface area contributed by atoms with Crippen molar-refractivity contribution >= 4 is 0 Å². The van der Waals surface area contributed by atoms with E-state index in [2.05, 4.69) is 10.2 Å². The predicted octanol–water partition coefficient (Wildman–Crippen LogP) is 2.93. The summed E-state index contributed by atoms with van der Waals surface area (Å²) in [5, 5.41) is 3.64. The molecular formula is C16H23FN2. The van der Waals surface area contributed by atoms with E-state index in [1.54, 1.807) is 6.07 Å². The Morgan fingerprint density at radius 2 is 2.16 bits per heavy atom. The summed E-state index contributed by atoms with van der Waals surface area (Å²) < 4.78 is 13.3. The van der Waals surface area contributed by atoms with Gasteiger partial charge in [0.2, 0.25) is 0 Å². The third-order valence-electron chi connectivity index (χ3n) is 4.50. The van der Waals surface area contributed by atoms with Crippen LogP contribution in [0.3, 0.4) is 0 Å². The highest BCUT2D eigenvalue weighted by Crippen LogP contribution is 2.25. The summed E-state index contributed by atoms with van der Waals surface area (Å²) in [6.45, 7) is 3.20. The molecule has 1 N–H and O–H groups in total. The van der Waals surface area contributed by atoms with Crippen LogP contribution < -0.4 is 5.32 Å². The van der Waals surface area contributed by atoms with Crippen molar-refractivity contribution in [1.82, 2.24) is 10.2 Å². The van der Waals surface area contributed by atoms with Crippen molar-refractivity contribution in [2.45, 2.75) is 50.7 Å². The van der Waals surface area contributed by atoms with Gasteiger partial charge in [-0.3, -0.25) is 4.90 Å². The molecule has 3 heteroatoms. The van der Waals surface area contributed by atoms with E-state index in [0.29, 0.717) is 12.1 Å². The van der Waals surface area contributed by atoms with E-state index in [9.17, 15) is 4.39 Å². The number of nitrogens with one attached hydrogen (secondary N) is 1. The molecule has 0 aromatic heterocycles. The van der Waals surface area contributed by atoms with Crippen LogP contribution in [-0.4, -0.2) is 30.1 Å². The first-order chi connectivity index (χ1) is 9.33. The molecule has 2 aliphatic heterocycles. The molecule has 0 radical (unpaired) electrons. The number of nitrogens with zero attached hydrogens (tertiary/aromatic N) is 1. The monoisotopic (exact) mass is 262 g/mol. The molecule has 104 valence electrons. The molecule has 3 rings (SSSR count). The lowest BCUT2D eigenvalue weighted by atomic mass is 9.94. The summed E-state index contributed by atoms with van der Waals surface area (Å²) in [5.74, 6) is -0.120. The summed E-state index contributed by atoms with van der Waals surface area (Å²) >= 11 is 0. The van der Waals surface area contributed by atoms with Crippen LogP contribution in [0.5, 0.6) is 0 Å². The lowest BCUT2D eigenvalue weighted by Crippen LogP contribution is -2.49. The Morgan fingerprint density at radius 3 is 2.95 bits per heavy atom. The lowest BCUT2D eigenvalue weighted by Gasteiger charge is -2.39. The molecule has 2 nitrogen and oxygen atoms in total. The smallest absolute Gasteiger partial charge is 0.123 e. The molecule has 0 spiro atoms. The second-order valence-corrected chi connectivity index (χ2v) is 5.87. The Bertz CT molecular complexity index is 415. The fraction of sp³-hybridized carbons (Fsp3) is 0.625. The maximum atomic E-state index is 13.3. The normalized spacial score (nSPS) is 28.7. The fourth-order valence-corrected chi connectivity index (χ4v) is 3.58. The van der Waals surface area contributed by atoms with Crippen LogP contribution in [0.15, 0.2) is 24.3 Å². The summed E-state index contributed by atoms with van der Waals surface area (Å²) in [7, 11) is 0. The van der Waals surface area contributed by atoms with Gasteiger partial charge in [-0.2, -0.15) is 0 Å². The molecule has 0 bridgehead atoms. The van der Waals surface area contributed by atoms with Gasteiger partial charge in [0.25, 0.3) is 0 Å². The van der Waals surface area contributed by atoms with Crippen LogP contribution in [-0.2, 0) is 6.54 Å². The summed E-state index contributed by atoms with van der Waals surface area (Å²) in [6, 6.07) is 8.34. The molecule has 2 aliphatic rings. The van der Waals surface area contributed by atoms with Crippen LogP contribution in [0, 0.1) is 5.82 Å². The maximum Gasteiger partial charge on any atom is 0.123 e. The number of hydrogen-bond acceptors (Lipinski definition) is 2. The molecule has 2 fully saturated rings. The van der Waals surface area contributed by atoms with Crippen molar-refractivity contribution in [1.29, 1.82) is 0 Å². The third-order valence-corrected chi connectivity index (χ3v) is 4.50. The number of benzene rings is 1. The van der Waals surface area contributed by atoms with Crippen LogP contribution in [0.25, 0.3) is 0 Å². The lowest BCUT2D eigenvalue weighted by molar-refractivity contribution is 0.112. The SMILES string of the molecule is Fc1cccc(CN2CCCCC2C2CCCN2)c1. The third kappa shape index (κ3) is 3.15. The van der Waals surface area contributed by atoms with Crippen molar-refractivity contribution in [2.75, 3.05) is 13.1 Å². The van der Waals surface area contributed by atoms with Crippen LogP contribution in [0.2, 0.25) is 0 Å². The Hall–Kier alpha value is -0.930. The van der Waals surface area contributed by atoms with Crippen LogP contribution in [0.1, 0.15) is 37.7 Å². The van der Waals surface area contributed by atoms with Gasteiger partial charge in [0.15, 0.2) is 0 Å². The Morgan fingerprint density at radius 1 is 1.21 bits per heavy atom. The van der Waals surface area contributed by atoms with E-state index in [1.165, 1.54) is 38.2 Å². The van der Waals surface area contributed by atoms with Crippen molar-refractivity contribution in [2.24, 2.45) is 0 Å². The predicted molar refractivity (Wildman–Crippen MR) is 75.5 cm³/mol. The van der Waals surface area contributed by atoms with E-state index in [1.807, 2.05) is 12.1 Å². The van der Waals surface area contributed by atoms with Crippen molar-refractivity contribution < 1.29 is 4.39 Å². The number of hydrogen-bond donors (Lipinski definition) is 1. The first kappa shape index (κ1) is 13.1. The molecular weight excluding hydrogens is 239 g/mol. The van der Waals surface area contributed by atoms with E-state index in [-0.39, 0.29) is 5.82 Å². The highest BCUT2D eigenvalue weighted by Gasteiger charge is 2.31. The second kappa shape index (κ2) is 6.02. The zero-order valence-electron chi connectivity index (χ0n) is 11.4. The Balaban J connectivity index is 1.69. The van der Waals surface area contributed by atoms with Gasteiger partial charge in [-0.05, 0) is 56.5 Å². The molecule has 1 aromatic rings. The van der Waals surface area contributed by atoms with Gasteiger partial charge in [0.05, 0.1) is 0 Å². The molecule has 1 aromatic carbocycles. The number of likely N-dealkylation sites (tertiary alicyclic amines) is 1. The second-order valence-electron chi connectivity index (χ2n) is 5.87. The topological polar surface area (TPSA) is 15.3 Å². The molecule has 19 heavy (non-hydrogen) atoms. The zero-order chi connectivity index (χ0) is 13.1. The first-order valence-electron chi connectivity index (χ1n) is 7.55. The maximum absolute atomic E-state index is 13.3. The minimum atomic E-state index is -0.120. The van der Waals surface area contributed by atoms with Crippen molar-refractivity contribution in [3.05, 3.63) is 35.6 Å². The molecule has 0 amide bonds. The number of halogens is 1. The number of rotatable bonds is 3. The summed E-state index contributed by atoms with van der Waals surface area (Å²) in [4.78, 5) is 2.56. The standard InChI is InChI=1S/C16H23FN2/c17-14-6-3-5-13(11-14)12-19-10-2-1-8-16(19)15-7-4-9-18-15/h3,5-6,11,15-16,18H,1-2,4,7-10,12H2. The van der Waals surface area contributed by atoms with Gasteiger partial charge in [-0.1, -0.05) is 18.6 Å². The highest BCUT2D eigenvalue weighted by atomic mass is 19.1. The molecule has 0 aliphatic carbocycles. The average molecular weight is 262 g/mol. The molecule has 2 atom stereocenters. The average Bonchev–Trinajstić information content (AvgIpc) is 2.93. The van der Waals surface area contributed by atoms with Crippen molar-refractivity contribution in [3.8, 4) is 0 Å². The van der Waals surface area contributed by atoms with Gasteiger partial charge in [0.1, 0.15) is 5.82 Å². The minimum Gasteiger partial charge on any atom is -0.312 e. The van der Waals surface area contributed by atoms with Gasteiger partial charge >= 0.3 is 0 Å². The van der Waals surface area contributed by atoms with Crippen LogP contribution in [0.4, 0.5) is 4.39 Å². The molecule has 2 unspecified atom stereocenters. The van der Waals surface area contributed by atoms with Crippen LogP contribution >= 0.6 is 0 Å². The first-order valence-corrected chi connectivity index (χ1v) is 7.55.